The van der Waals surface area contributed by atoms with Gasteiger partial charge in [0.25, 0.3) is 0 Å². The molecule has 1 fully saturated rings. The molecule has 1 aromatic carbocycles. The van der Waals surface area contributed by atoms with Crippen LogP contribution in [0.1, 0.15) is 32.1 Å². The summed E-state index contributed by atoms with van der Waals surface area (Å²) in [7, 11) is 0. The Morgan fingerprint density at radius 1 is 1.25 bits per heavy atom. The van der Waals surface area contributed by atoms with Gasteiger partial charge in [-0.1, -0.05) is 42.6 Å². The second-order valence-electron chi connectivity index (χ2n) is 5.72. The SMILES string of the molecule is Clc1cc(NC2=NCC3(CCCCC3)CS2)ccc1Br. The third-order valence-corrected chi connectivity index (χ3v) is 6.65. The Morgan fingerprint density at radius 3 is 2.70 bits per heavy atom. The number of nitrogens with one attached hydrogen (secondary N) is 1. The number of rotatable bonds is 1. The number of amidine groups is 1. The lowest BCUT2D eigenvalue weighted by molar-refractivity contribution is 0.232. The molecule has 5 heteroatoms. The number of hydrogen-bond donors (Lipinski definition) is 1. The summed E-state index contributed by atoms with van der Waals surface area (Å²) in [6.07, 6.45) is 6.85. The van der Waals surface area contributed by atoms with E-state index in [1.165, 1.54) is 37.9 Å². The van der Waals surface area contributed by atoms with Gasteiger partial charge in [-0.3, -0.25) is 4.99 Å². The van der Waals surface area contributed by atoms with E-state index < -0.39 is 0 Å². The zero-order valence-corrected chi connectivity index (χ0v) is 14.5. The molecule has 0 amide bonds. The molecule has 2 aliphatic rings. The highest BCUT2D eigenvalue weighted by atomic mass is 79.9. The van der Waals surface area contributed by atoms with Crippen LogP contribution >= 0.6 is 39.3 Å². The van der Waals surface area contributed by atoms with Crippen LogP contribution in [-0.4, -0.2) is 17.5 Å². The number of nitrogens with zero attached hydrogens (tertiary/aromatic N) is 1. The third-order valence-electron chi connectivity index (χ3n) is 4.16. The summed E-state index contributed by atoms with van der Waals surface area (Å²) in [5, 5.41) is 5.13. The standard InChI is InChI=1S/C15H18BrClN2S/c16-12-5-4-11(8-13(12)17)19-14-18-9-15(10-20-14)6-2-1-3-7-15/h4-5,8H,1-3,6-7,9-10H2,(H,18,19). The van der Waals surface area contributed by atoms with Crippen molar-refractivity contribution in [2.24, 2.45) is 10.4 Å². The summed E-state index contributed by atoms with van der Waals surface area (Å²) in [5.41, 5.74) is 1.48. The molecule has 1 aliphatic heterocycles. The first kappa shape index (κ1) is 14.7. The van der Waals surface area contributed by atoms with E-state index in [0.29, 0.717) is 5.41 Å². The molecule has 3 rings (SSSR count). The fourth-order valence-electron chi connectivity index (χ4n) is 2.93. The van der Waals surface area contributed by atoms with Crippen molar-refractivity contribution in [1.29, 1.82) is 0 Å². The number of hydrogen-bond acceptors (Lipinski definition) is 3. The van der Waals surface area contributed by atoms with Gasteiger partial charge in [0.05, 0.1) is 5.02 Å². The summed E-state index contributed by atoms with van der Waals surface area (Å²) >= 11 is 11.4. The van der Waals surface area contributed by atoms with Gasteiger partial charge in [0, 0.05) is 22.5 Å². The van der Waals surface area contributed by atoms with Gasteiger partial charge in [0.2, 0.25) is 0 Å². The van der Waals surface area contributed by atoms with Crippen molar-refractivity contribution in [2.75, 3.05) is 17.6 Å². The quantitative estimate of drug-likeness (QED) is 0.696. The highest BCUT2D eigenvalue weighted by Crippen LogP contribution is 2.42. The van der Waals surface area contributed by atoms with Crippen LogP contribution in [-0.2, 0) is 0 Å². The average Bonchev–Trinajstić information content (AvgIpc) is 2.47. The number of anilines is 1. The van der Waals surface area contributed by atoms with E-state index in [9.17, 15) is 0 Å². The molecule has 0 bridgehead atoms. The van der Waals surface area contributed by atoms with Crippen LogP contribution in [0.2, 0.25) is 5.02 Å². The van der Waals surface area contributed by atoms with Gasteiger partial charge in [-0.05, 0) is 52.4 Å². The zero-order valence-electron chi connectivity index (χ0n) is 11.3. The lowest BCUT2D eigenvalue weighted by Gasteiger charge is -2.38. The second-order valence-corrected chi connectivity index (χ2v) is 7.95. The minimum atomic E-state index is 0.478. The van der Waals surface area contributed by atoms with Gasteiger partial charge < -0.3 is 5.32 Å². The summed E-state index contributed by atoms with van der Waals surface area (Å²) in [4.78, 5) is 4.77. The van der Waals surface area contributed by atoms with Gasteiger partial charge in [0.1, 0.15) is 0 Å². The molecule has 1 N–H and O–H groups in total. The first-order valence-electron chi connectivity index (χ1n) is 7.06. The molecule has 1 saturated carbocycles. The maximum Gasteiger partial charge on any atom is 0.161 e. The smallest absolute Gasteiger partial charge is 0.161 e. The molecule has 1 spiro atoms. The molecule has 20 heavy (non-hydrogen) atoms. The van der Waals surface area contributed by atoms with Crippen molar-refractivity contribution in [1.82, 2.24) is 0 Å². The van der Waals surface area contributed by atoms with Gasteiger partial charge in [-0.2, -0.15) is 0 Å². The van der Waals surface area contributed by atoms with Crippen LogP contribution < -0.4 is 5.32 Å². The Balaban J connectivity index is 1.65. The predicted molar refractivity (Wildman–Crippen MR) is 93.1 cm³/mol. The van der Waals surface area contributed by atoms with E-state index in [1.807, 2.05) is 30.0 Å². The maximum atomic E-state index is 6.11. The van der Waals surface area contributed by atoms with Gasteiger partial charge >= 0.3 is 0 Å². The monoisotopic (exact) mass is 372 g/mol. The molecular formula is C15H18BrClN2S. The average molecular weight is 374 g/mol. The third kappa shape index (κ3) is 3.34. The van der Waals surface area contributed by atoms with Gasteiger partial charge in [-0.25, -0.2) is 0 Å². The molecule has 0 radical (unpaired) electrons. The maximum absolute atomic E-state index is 6.11. The molecule has 1 heterocycles. The molecule has 0 unspecified atom stereocenters. The fourth-order valence-corrected chi connectivity index (χ4v) is 4.53. The lowest BCUT2D eigenvalue weighted by atomic mass is 9.75. The number of benzene rings is 1. The number of halogens is 2. The Kier molecular flexibility index (Phi) is 4.63. The van der Waals surface area contributed by atoms with Crippen LogP contribution in [0.25, 0.3) is 0 Å². The van der Waals surface area contributed by atoms with Crippen molar-refractivity contribution in [3.8, 4) is 0 Å². The van der Waals surface area contributed by atoms with Crippen molar-refractivity contribution in [3.63, 3.8) is 0 Å². The summed E-state index contributed by atoms with van der Waals surface area (Å²) < 4.78 is 0.920. The van der Waals surface area contributed by atoms with E-state index in [1.54, 1.807) is 0 Å². The zero-order chi connectivity index (χ0) is 14.0. The van der Waals surface area contributed by atoms with Crippen LogP contribution in [0, 0.1) is 5.41 Å². The molecule has 2 nitrogen and oxygen atoms in total. The topological polar surface area (TPSA) is 24.4 Å². The molecule has 0 saturated heterocycles. The molecule has 1 aromatic rings. The van der Waals surface area contributed by atoms with E-state index in [-0.39, 0.29) is 0 Å². The lowest BCUT2D eigenvalue weighted by Crippen LogP contribution is -2.35. The molecule has 1 aliphatic carbocycles. The largest absolute Gasteiger partial charge is 0.335 e. The second kappa shape index (κ2) is 6.29. The normalized spacial score (nSPS) is 21.6. The molecule has 108 valence electrons. The number of aliphatic imine (C=N–C) groups is 1. The fraction of sp³-hybridized carbons (Fsp3) is 0.533. The van der Waals surface area contributed by atoms with Crippen LogP contribution in [0.3, 0.4) is 0 Å². The summed E-state index contributed by atoms with van der Waals surface area (Å²) in [6.45, 7) is 0.979. The van der Waals surface area contributed by atoms with E-state index in [2.05, 4.69) is 21.2 Å². The minimum absolute atomic E-state index is 0.478. The molecular weight excluding hydrogens is 356 g/mol. The molecule has 0 aromatic heterocycles. The van der Waals surface area contributed by atoms with Crippen LogP contribution in [0.15, 0.2) is 27.7 Å². The predicted octanol–water partition coefficient (Wildman–Crippen LogP) is 5.57. The summed E-state index contributed by atoms with van der Waals surface area (Å²) in [6, 6.07) is 5.91. The Bertz CT molecular complexity index is 527. The Labute approximate surface area is 137 Å². The number of thioether (sulfide) groups is 1. The van der Waals surface area contributed by atoms with E-state index >= 15 is 0 Å². The minimum Gasteiger partial charge on any atom is -0.335 e. The van der Waals surface area contributed by atoms with E-state index in [4.69, 9.17) is 16.6 Å². The van der Waals surface area contributed by atoms with E-state index in [0.717, 1.165) is 26.9 Å². The van der Waals surface area contributed by atoms with Crippen molar-refractivity contribution < 1.29 is 0 Å². The Hall–Kier alpha value is -0.190. The van der Waals surface area contributed by atoms with Crippen molar-refractivity contribution in [3.05, 3.63) is 27.7 Å². The van der Waals surface area contributed by atoms with Crippen molar-refractivity contribution in [2.45, 2.75) is 32.1 Å². The van der Waals surface area contributed by atoms with Crippen molar-refractivity contribution >= 4 is 50.1 Å². The first-order valence-corrected chi connectivity index (χ1v) is 9.22. The highest BCUT2D eigenvalue weighted by molar-refractivity contribution is 9.10. The first-order chi connectivity index (χ1) is 9.67. The van der Waals surface area contributed by atoms with Gasteiger partial charge in [-0.15, -0.1) is 0 Å². The Morgan fingerprint density at radius 2 is 2.05 bits per heavy atom. The summed E-state index contributed by atoms with van der Waals surface area (Å²) in [5.74, 6) is 1.20. The van der Waals surface area contributed by atoms with Crippen LogP contribution in [0.4, 0.5) is 5.69 Å². The molecule has 0 atom stereocenters. The highest BCUT2D eigenvalue weighted by Gasteiger charge is 2.34. The van der Waals surface area contributed by atoms with Crippen LogP contribution in [0.5, 0.6) is 0 Å². The van der Waals surface area contributed by atoms with Gasteiger partial charge in [0.15, 0.2) is 5.17 Å².